The number of carbonyl (C=O) groups excluding carboxylic acids is 1. The monoisotopic (exact) mass is 190 g/mol. The van der Waals surface area contributed by atoms with Crippen molar-refractivity contribution in [3.63, 3.8) is 0 Å². The standard InChI is InChI=1S/C11H14N2O/c14-9-13-7-3-11(4-8-13)10-1-5-12-6-2-10/h1-2,5-6,9,11H,3-4,7-8H2. The molecular weight excluding hydrogens is 176 g/mol. The van der Waals surface area contributed by atoms with Crippen molar-refractivity contribution in [3.05, 3.63) is 30.1 Å². The van der Waals surface area contributed by atoms with Gasteiger partial charge < -0.3 is 4.90 Å². The molecule has 0 aromatic carbocycles. The summed E-state index contributed by atoms with van der Waals surface area (Å²) in [5.41, 5.74) is 1.35. The molecule has 1 fully saturated rings. The molecule has 74 valence electrons. The van der Waals surface area contributed by atoms with Crippen LogP contribution < -0.4 is 0 Å². The number of hydrogen-bond acceptors (Lipinski definition) is 2. The van der Waals surface area contributed by atoms with Crippen LogP contribution in [-0.4, -0.2) is 29.4 Å². The number of likely N-dealkylation sites (tertiary alicyclic amines) is 1. The van der Waals surface area contributed by atoms with Gasteiger partial charge in [0, 0.05) is 25.5 Å². The van der Waals surface area contributed by atoms with Crippen molar-refractivity contribution in [2.45, 2.75) is 18.8 Å². The number of pyridine rings is 1. The molecule has 3 heteroatoms. The third kappa shape index (κ3) is 1.92. The van der Waals surface area contributed by atoms with Crippen molar-refractivity contribution in [2.75, 3.05) is 13.1 Å². The predicted octanol–water partition coefficient (Wildman–Crippen LogP) is 1.42. The second kappa shape index (κ2) is 4.22. The number of carbonyl (C=O) groups is 1. The van der Waals surface area contributed by atoms with E-state index in [2.05, 4.69) is 17.1 Å². The van der Waals surface area contributed by atoms with Gasteiger partial charge in [-0.3, -0.25) is 9.78 Å². The molecule has 0 radical (unpaired) electrons. The summed E-state index contributed by atoms with van der Waals surface area (Å²) in [6.07, 6.45) is 6.76. The highest BCUT2D eigenvalue weighted by Crippen LogP contribution is 2.26. The Bertz CT molecular complexity index is 291. The molecular formula is C11H14N2O. The fraction of sp³-hybridized carbons (Fsp3) is 0.455. The number of nitrogens with zero attached hydrogens (tertiary/aromatic N) is 2. The number of amides is 1. The van der Waals surface area contributed by atoms with Crippen molar-refractivity contribution in [3.8, 4) is 0 Å². The maximum atomic E-state index is 10.5. The van der Waals surface area contributed by atoms with E-state index in [4.69, 9.17) is 0 Å². The van der Waals surface area contributed by atoms with E-state index in [1.54, 1.807) is 0 Å². The molecule has 2 rings (SSSR count). The lowest BCUT2D eigenvalue weighted by molar-refractivity contribution is -0.119. The number of aromatic nitrogens is 1. The summed E-state index contributed by atoms with van der Waals surface area (Å²) < 4.78 is 0. The Hall–Kier alpha value is -1.38. The Kier molecular flexibility index (Phi) is 2.77. The quantitative estimate of drug-likeness (QED) is 0.661. The minimum absolute atomic E-state index is 0.606. The lowest BCUT2D eigenvalue weighted by Crippen LogP contribution is -2.31. The van der Waals surface area contributed by atoms with E-state index in [0.717, 1.165) is 32.3 Å². The van der Waals surface area contributed by atoms with Crippen LogP contribution in [0.25, 0.3) is 0 Å². The summed E-state index contributed by atoms with van der Waals surface area (Å²) >= 11 is 0. The maximum absolute atomic E-state index is 10.5. The zero-order valence-electron chi connectivity index (χ0n) is 8.10. The minimum atomic E-state index is 0.606. The van der Waals surface area contributed by atoms with Gasteiger partial charge in [-0.1, -0.05) is 0 Å². The fourth-order valence-corrected chi connectivity index (χ4v) is 1.97. The van der Waals surface area contributed by atoms with Gasteiger partial charge in [-0.2, -0.15) is 0 Å². The summed E-state index contributed by atoms with van der Waals surface area (Å²) in [6.45, 7) is 1.77. The van der Waals surface area contributed by atoms with Crippen LogP contribution in [0.5, 0.6) is 0 Å². The first-order valence-corrected chi connectivity index (χ1v) is 4.99. The van der Waals surface area contributed by atoms with Crippen molar-refractivity contribution >= 4 is 6.41 Å². The average molecular weight is 190 g/mol. The molecule has 3 nitrogen and oxygen atoms in total. The summed E-state index contributed by atoms with van der Waals surface area (Å²) in [4.78, 5) is 16.4. The lowest BCUT2D eigenvalue weighted by Gasteiger charge is -2.29. The van der Waals surface area contributed by atoms with Crippen molar-refractivity contribution in [1.82, 2.24) is 9.88 Å². The Labute approximate surface area is 83.8 Å². The van der Waals surface area contributed by atoms with Crippen LogP contribution in [0.15, 0.2) is 24.5 Å². The zero-order valence-corrected chi connectivity index (χ0v) is 8.10. The number of rotatable bonds is 2. The van der Waals surface area contributed by atoms with Crippen molar-refractivity contribution < 1.29 is 4.79 Å². The molecule has 0 spiro atoms. The molecule has 14 heavy (non-hydrogen) atoms. The van der Waals surface area contributed by atoms with E-state index in [1.165, 1.54) is 5.56 Å². The highest BCUT2D eigenvalue weighted by molar-refractivity contribution is 5.47. The largest absolute Gasteiger partial charge is 0.345 e. The lowest BCUT2D eigenvalue weighted by atomic mass is 9.90. The number of piperidine rings is 1. The first-order chi connectivity index (χ1) is 6.90. The number of hydrogen-bond donors (Lipinski definition) is 0. The second-order valence-corrected chi connectivity index (χ2v) is 3.70. The van der Waals surface area contributed by atoms with E-state index < -0.39 is 0 Å². The van der Waals surface area contributed by atoms with E-state index in [9.17, 15) is 4.79 Å². The molecule has 0 unspecified atom stereocenters. The Balaban J connectivity index is 1.99. The van der Waals surface area contributed by atoms with Gasteiger partial charge in [0.1, 0.15) is 0 Å². The molecule has 1 aliphatic rings. The van der Waals surface area contributed by atoms with Gasteiger partial charge >= 0.3 is 0 Å². The summed E-state index contributed by atoms with van der Waals surface area (Å²) in [7, 11) is 0. The van der Waals surface area contributed by atoms with E-state index >= 15 is 0 Å². The predicted molar refractivity (Wildman–Crippen MR) is 53.8 cm³/mol. The molecule has 0 bridgehead atoms. The van der Waals surface area contributed by atoms with Crippen molar-refractivity contribution in [1.29, 1.82) is 0 Å². The van der Waals surface area contributed by atoms with Gasteiger partial charge in [0.25, 0.3) is 0 Å². The van der Waals surface area contributed by atoms with Gasteiger partial charge in [-0.25, -0.2) is 0 Å². The Morgan fingerprint density at radius 1 is 1.29 bits per heavy atom. The highest BCUT2D eigenvalue weighted by Gasteiger charge is 2.18. The van der Waals surface area contributed by atoms with Gasteiger partial charge in [0.15, 0.2) is 0 Å². The second-order valence-electron chi connectivity index (χ2n) is 3.70. The molecule has 1 saturated heterocycles. The molecule has 0 aliphatic carbocycles. The van der Waals surface area contributed by atoms with Crippen LogP contribution >= 0.6 is 0 Å². The first kappa shape index (κ1) is 9.19. The van der Waals surface area contributed by atoms with Gasteiger partial charge in [-0.05, 0) is 36.5 Å². The van der Waals surface area contributed by atoms with Crippen LogP contribution in [0.4, 0.5) is 0 Å². The van der Waals surface area contributed by atoms with Gasteiger partial charge in [-0.15, -0.1) is 0 Å². The molecule has 1 aromatic heterocycles. The van der Waals surface area contributed by atoms with E-state index in [-0.39, 0.29) is 0 Å². The van der Waals surface area contributed by atoms with Crippen LogP contribution in [0, 0.1) is 0 Å². The first-order valence-electron chi connectivity index (χ1n) is 4.99. The smallest absolute Gasteiger partial charge is 0.209 e. The third-order valence-corrected chi connectivity index (χ3v) is 2.86. The molecule has 2 heterocycles. The van der Waals surface area contributed by atoms with Crippen LogP contribution in [-0.2, 0) is 4.79 Å². The normalized spacial score (nSPS) is 18.1. The van der Waals surface area contributed by atoms with Gasteiger partial charge in [0.2, 0.25) is 6.41 Å². The molecule has 1 amide bonds. The molecule has 0 N–H and O–H groups in total. The molecule has 0 atom stereocenters. The summed E-state index contributed by atoms with van der Waals surface area (Å²) in [5, 5.41) is 0. The van der Waals surface area contributed by atoms with Crippen molar-refractivity contribution in [2.24, 2.45) is 0 Å². The average Bonchev–Trinajstić information content (AvgIpc) is 2.30. The van der Waals surface area contributed by atoms with Crippen LogP contribution in [0.3, 0.4) is 0 Å². The van der Waals surface area contributed by atoms with E-state index in [1.807, 2.05) is 17.3 Å². The molecule has 1 aliphatic heterocycles. The summed E-state index contributed by atoms with van der Waals surface area (Å²) in [6, 6.07) is 4.14. The summed E-state index contributed by atoms with van der Waals surface area (Å²) in [5.74, 6) is 0.606. The topological polar surface area (TPSA) is 33.2 Å². The van der Waals surface area contributed by atoms with E-state index in [0.29, 0.717) is 5.92 Å². The molecule has 1 aromatic rings. The Morgan fingerprint density at radius 3 is 2.50 bits per heavy atom. The zero-order chi connectivity index (χ0) is 9.80. The molecule has 0 saturated carbocycles. The highest BCUT2D eigenvalue weighted by atomic mass is 16.1. The van der Waals surface area contributed by atoms with Gasteiger partial charge in [0.05, 0.1) is 0 Å². The maximum Gasteiger partial charge on any atom is 0.209 e. The SMILES string of the molecule is O=CN1CCC(c2ccncc2)CC1. The third-order valence-electron chi connectivity index (χ3n) is 2.86. The Morgan fingerprint density at radius 2 is 1.93 bits per heavy atom. The minimum Gasteiger partial charge on any atom is -0.345 e. The van der Waals surface area contributed by atoms with Crippen LogP contribution in [0.2, 0.25) is 0 Å². The fourth-order valence-electron chi connectivity index (χ4n) is 1.97. The van der Waals surface area contributed by atoms with Crippen LogP contribution in [0.1, 0.15) is 24.3 Å².